The molecule has 0 radical (unpaired) electrons. The maximum atomic E-state index is 6.95. The fourth-order valence-electron chi connectivity index (χ4n) is 8.81. The Labute approximate surface area is 338 Å². The van der Waals surface area contributed by atoms with Crippen LogP contribution < -0.4 is 4.90 Å². The lowest BCUT2D eigenvalue weighted by Crippen LogP contribution is -2.11. The van der Waals surface area contributed by atoms with Gasteiger partial charge in [0.15, 0.2) is 5.58 Å². The van der Waals surface area contributed by atoms with Gasteiger partial charge in [0.05, 0.1) is 22.4 Å². The second kappa shape index (κ2) is 13.1. The minimum absolute atomic E-state index is 0.825. The first-order valence-corrected chi connectivity index (χ1v) is 20.4. The Morgan fingerprint density at radius 1 is 0.345 bits per heavy atom. The Morgan fingerprint density at radius 3 is 1.79 bits per heavy atom. The van der Waals surface area contributed by atoms with Crippen molar-refractivity contribution in [2.24, 2.45) is 0 Å². The largest absolute Gasteiger partial charge is 0.456 e. The summed E-state index contributed by atoms with van der Waals surface area (Å²) in [6, 6.07) is 71.3. The van der Waals surface area contributed by atoms with Gasteiger partial charge in [-0.15, -0.1) is 11.3 Å². The smallest absolute Gasteiger partial charge is 0.159 e. The van der Waals surface area contributed by atoms with Crippen LogP contribution >= 0.6 is 11.3 Å². The van der Waals surface area contributed by atoms with Crippen LogP contribution in [0.5, 0.6) is 0 Å². The van der Waals surface area contributed by atoms with Crippen LogP contribution in [0, 0.1) is 0 Å². The zero-order valence-electron chi connectivity index (χ0n) is 31.2. The number of thiophene rings is 1. The van der Waals surface area contributed by atoms with Crippen molar-refractivity contribution in [2.75, 3.05) is 4.90 Å². The molecule has 12 aromatic rings. The molecule has 0 N–H and O–H groups in total. The van der Waals surface area contributed by atoms with Crippen LogP contribution in [-0.2, 0) is 0 Å². The van der Waals surface area contributed by atoms with Crippen molar-refractivity contribution in [1.82, 2.24) is 0 Å². The first kappa shape index (κ1) is 32.8. The molecule has 0 aliphatic heterocycles. The third-order valence-corrected chi connectivity index (χ3v) is 12.7. The van der Waals surface area contributed by atoms with Crippen molar-refractivity contribution in [1.29, 1.82) is 0 Å². The molecule has 58 heavy (non-hydrogen) atoms. The van der Waals surface area contributed by atoms with E-state index in [9.17, 15) is 0 Å². The number of nitrogens with zero attached hydrogens (tertiary/aromatic N) is 1. The molecule has 0 amide bonds. The van der Waals surface area contributed by atoms with Crippen LogP contribution in [0.25, 0.3) is 97.4 Å². The Hall–Kier alpha value is -7.40. The van der Waals surface area contributed by atoms with Crippen LogP contribution in [0.2, 0.25) is 0 Å². The molecule has 0 atom stereocenters. The van der Waals surface area contributed by atoms with Gasteiger partial charge in [-0.2, -0.15) is 0 Å². The van der Waals surface area contributed by atoms with Crippen molar-refractivity contribution in [3.8, 4) is 33.4 Å². The number of benzene rings is 9. The molecule has 3 nitrogen and oxygen atoms in total. The maximum absolute atomic E-state index is 6.95. The van der Waals surface area contributed by atoms with E-state index in [0.717, 1.165) is 83.2 Å². The van der Waals surface area contributed by atoms with E-state index in [1.54, 1.807) is 0 Å². The molecule has 0 spiro atoms. The molecule has 9 aromatic carbocycles. The molecule has 0 saturated carbocycles. The maximum Gasteiger partial charge on any atom is 0.159 e. The second-order valence-corrected chi connectivity index (χ2v) is 15.9. The molecule has 3 aromatic heterocycles. The Morgan fingerprint density at radius 2 is 1.00 bits per heavy atom. The summed E-state index contributed by atoms with van der Waals surface area (Å²) in [6.07, 6.45) is 0. The number of hydrogen-bond acceptors (Lipinski definition) is 4. The van der Waals surface area contributed by atoms with E-state index >= 15 is 0 Å². The fraction of sp³-hybridized carbons (Fsp3) is 0. The predicted molar refractivity (Wildman–Crippen MR) is 245 cm³/mol. The molecule has 0 aliphatic rings. The zero-order valence-corrected chi connectivity index (χ0v) is 32.0. The topological polar surface area (TPSA) is 29.5 Å². The van der Waals surface area contributed by atoms with Gasteiger partial charge in [0.25, 0.3) is 0 Å². The standard InChI is InChI=1S/C54H33NO2S/c1-4-15-34(16-5-1)37-27-28-42-48(32-37)56-49-33-38(35-17-6-2-7-18-35)31-46(51(42)49)55(45-24-14-23-41-40-21-10-12-25-47(40)57-53(41)45)44-30-29-39(36-19-8-3-9-20-36)54-52(44)43-22-11-13-26-50(43)58-54/h1-33H. The average molecular weight is 760 g/mol. The Kier molecular flexibility index (Phi) is 7.40. The van der Waals surface area contributed by atoms with Crippen LogP contribution in [-0.4, -0.2) is 0 Å². The second-order valence-electron chi connectivity index (χ2n) is 14.8. The first-order valence-electron chi connectivity index (χ1n) is 19.6. The Balaban J connectivity index is 1.24. The van der Waals surface area contributed by atoms with Crippen molar-refractivity contribution in [3.05, 3.63) is 200 Å². The molecular weight excluding hydrogens is 727 g/mol. The van der Waals surface area contributed by atoms with Gasteiger partial charge < -0.3 is 13.7 Å². The minimum atomic E-state index is 0.825. The summed E-state index contributed by atoms with van der Waals surface area (Å²) in [5.41, 5.74) is 13.3. The number of hydrogen-bond donors (Lipinski definition) is 0. The highest BCUT2D eigenvalue weighted by Gasteiger charge is 2.27. The van der Waals surface area contributed by atoms with Gasteiger partial charge in [-0.1, -0.05) is 152 Å². The van der Waals surface area contributed by atoms with Crippen LogP contribution in [0.1, 0.15) is 0 Å². The van der Waals surface area contributed by atoms with E-state index in [4.69, 9.17) is 8.83 Å². The molecule has 0 aliphatic carbocycles. The minimum Gasteiger partial charge on any atom is -0.456 e. The molecule has 0 fully saturated rings. The highest BCUT2D eigenvalue weighted by Crippen LogP contribution is 2.53. The average Bonchev–Trinajstić information content (AvgIpc) is 3.99. The molecular formula is C54H33NO2S. The van der Waals surface area contributed by atoms with E-state index in [0.29, 0.717) is 0 Å². The summed E-state index contributed by atoms with van der Waals surface area (Å²) in [5, 5.41) is 6.69. The third-order valence-electron chi connectivity index (χ3n) is 11.5. The van der Waals surface area contributed by atoms with Gasteiger partial charge in [-0.3, -0.25) is 0 Å². The van der Waals surface area contributed by atoms with Crippen molar-refractivity contribution < 1.29 is 8.83 Å². The zero-order chi connectivity index (χ0) is 38.2. The monoisotopic (exact) mass is 759 g/mol. The third kappa shape index (κ3) is 5.12. The van der Waals surface area contributed by atoms with E-state index in [2.05, 4.69) is 199 Å². The summed E-state index contributed by atoms with van der Waals surface area (Å²) >= 11 is 1.85. The lowest BCUT2D eigenvalue weighted by molar-refractivity contribution is 0.668. The van der Waals surface area contributed by atoms with E-state index < -0.39 is 0 Å². The molecule has 3 heterocycles. The summed E-state index contributed by atoms with van der Waals surface area (Å²) in [6.45, 7) is 0. The van der Waals surface area contributed by atoms with Crippen LogP contribution in [0.3, 0.4) is 0 Å². The van der Waals surface area contributed by atoms with Gasteiger partial charge >= 0.3 is 0 Å². The van der Waals surface area contributed by atoms with Crippen molar-refractivity contribution >= 4 is 92.4 Å². The van der Waals surface area contributed by atoms with Gasteiger partial charge in [-0.25, -0.2) is 0 Å². The normalized spacial score (nSPS) is 11.8. The molecule has 12 rings (SSSR count). The molecule has 0 bridgehead atoms. The van der Waals surface area contributed by atoms with Gasteiger partial charge in [0, 0.05) is 36.3 Å². The van der Waals surface area contributed by atoms with E-state index in [-0.39, 0.29) is 0 Å². The number of fused-ring (bicyclic) bond motifs is 9. The van der Waals surface area contributed by atoms with Crippen molar-refractivity contribution in [3.63, 3.8) is 0 Å². The summed E-state index contributed by atoms with van der Waals surface area (Å²) in [7, 11) is 0. The quantitative estimate of drug-likeness (QED) is 0.169. The van der Waals surface area contributed by atoms with Gasteiger partial charge in [0.1, 0.15) is 16.7 Å². The van der Waals surface area contributed by atoms with Crippen molar-refractivity contribution in [2.45, 2.75) is 0 Å². The summed E-state index contributed by atoms with van der Waals surface area (Å²) in [4.78, 5) is 2.44. The predicted octanol–water partition coefficient (Wildman–Crippen LogP) is 16.3. The van der Waals surface area contributed by atoms with Gasteiger partial charge in [0.2, 0.25) is 0 Å². The van der Waals surface area contributed by atoms with E-state index in [1.807, 2.05) is 17.4 Å². The molecule has 4 heteroatoms. The molecule has 0 saturated heterocycles. The SMILES string of the molecule is c1ccc(-c2ccc3c(c2)oc2cc(-c4ccccc4)cc(N(c4cccc5c4oc4ccccc45)c4ccc(-c5ccccc5)c5sc6ccccc6c45)c23)cc1. The van der Waals surface area contributed by atoms with Crippen LogP contribution in [0.15, 0.2) is 209 Å². The summed E-state index contributed by atoms with van der Waals surface area (Å²) < 4.78 is 16.3. The molecule has 272 valence electrons. The highest BCUT2D eigenvalue weighted by atomic mass is 32.1. The van der Waals surface area contributed by atoms with Gasteiger partial charge in [-0.05, 0) is 81.9 Å². The Bertz CT molecular complexity index is 3510. The fourth-order valence-corrected chi connectivity index (χ4v) is 10.1. The first-order chi connectivity index (χ1) is 28.8. The number of anilines is 3. The van der Waals surface area contributed by atoms with Crippen LogP contribution in [0.4, 0.5) is 17.1 Å². The number of para-hydroxylation sites is 2. The van der Waals surface area contributed by atoms with E-state index in [1.165, 1.54) is 31.3 Å². The lowest BCUT2D eigenvalue weighted by atomic mass is 9.97. The lowest BCUT2D eigenvalue weighted by Gasteiger charge is -2.28. The number of rotatable bonds is 6. The number of furan rings is 2. The molecule has 0 unspecified atom stereocenters. The highest BCUT2D eigenvalue weighted by molar-refractivity contribution is 7.26. The summed E-state index contributed by atoms with van der Waals surface area (Å²) in [5.74, 6) is 0.